The number of rotatable bonds is 4. The lowest BCUT2D eigenvalue weighted by atomic mass is 10.2. The smallest absolute Gasteiger partial charge is 0.326 e. The summed E-state index contributed by atoms with van der Waals surface area (Å²) in [4.78, 5) is 26.2. The van der Waals surface area contributed by atoms with Crippen molar-refractivity contribution in [2.24, 2.45) is 7.05 Å². The Hall–Kier alpha value is -3.02. The van der Waals surface area contributed by atoms with Crippen LogP contribution in [0.3, 0.4) is 0 Å². The third-order valence-corrected chi connectivity index (χ3v) is 3.58. The summed E-state index contributed by atoms with van der Waals surface area (Å²) in [5.74, 6) is 0.386. The lowest BCUT2D eigenvalue weighted by molar-refractivity contribution is -0.118. The van der Waals surface area contributed by atoms with Gasteiger partial charge >= 0.3 is 5.69 Å². The van der Waals surface area contributed by atoms with E-state index in [1.807, 2.05) is 31.2 Å². The fraction of sp³-hybridized carbons (Fsp3) is 0.176. The molecule has 1 heterocycles. The third kappa shape index (κ3) is 3.26. The van der Waals surface area contributed by atoms with Gasteiger partial charge in [0.1, 0.15) is 5.75 Å². The minimum Gasteiger partial charge on any atom is -0.484 e. The molecule has 0 aliphatic heterocycles. The van der Waals surface area contributed by atoms with Crippen LogP contribution in [0, 0.1) is 6.92 Å². The van der Waals surface area contributed by atoms with E-state index in [0.717, 1.165) is 11.1 Å². The first-order valence-corrected chi connectivity index (χ1v) is 7.21. The van der Waals surface area contributed by atoms with Crippen molar-refractivity contribution in [1.29, 1.82) is 0 Å². The number of aromatic nitrogens is 2. The number of carbonyl (C=O) groups excluding carboxylic acids is 1. The second-order valence-electron chi connectivity index (χ2n) is 5.37. The van der Waals surface area contributed by atoms with Gasteiger partial charge in [0.25, 0.3) is 5.91 Å². The molecule has 0 spiro atoms. The van der Waals surface area contributed by atoms with Crippen LogP contribution in [0.5, 0.6) is 5.75 Å². The van der Waals surface area contributed by atoms with Crippen molar-refractivity contribution in [2.75, 3.05) is 11.9 Å². The molecule has 3 aromatic rings. The lowest BCUT2D eigenvalue weighted by Gasteiger charge is -2.08. The molecule has 0 unspecified atom stereocenters. The number of H-pyrrole nitrogens is 1. The Morgan fingerprint density at radius 2 is 1.96 bits per heavy atom. The highest BCUT2D eigenvalue weighted by molar-refractivity contribution is 5.94. The molecule has 1 aromatic heterocycles. The molecule has 0 saturated carbocycles. The van der Waals surface area contributed by atoms with E-state index < -0.39 is 0 Å². The van der Waals surface area contributed by atoms with Crippen molar-refractivity contribution in [3.8, 4) is 5.75 Å². The number of hydrogen-bond acceptors (Lipinski definition) is 3. The summed E-state index contributed by atoms with van der Waals surface area (Å²) in [6.07, 6.45) is 0. The van der Waals surface area contributed by atoms with Gasteiger partial charge in [-0.1, -0.05) is 17.7 Å². The third-order valence-electron chi connectivity index (χ3n) is 3.58. The summed E-state index contributed by atoms with van der Waals surface area (Å²) in [5.41, 5.74) is 3.01. The number of amides is 1. The molecule has 2 aromatic carbocycles. The Morgan fingerprint density at radius 1 is 1.22 bits per heavy atom. The number of hydrogen-bond donors (Lipinski definition) is 2. The van der Waals surface area contributed by atoms with Crippen LogP contribution in [0.1, 0.15) is 5.56 Å². The first-order chi connectivity index (χ1) is 11.0. The van der Waals surface area contributed by atoms with Crippen LogP contribution in [-0.2, 0) is 11.8 Å². The van der Waals surface area contributed by atoms with Crippen LogP contribution in [0.2, 0.25) is 0 Å². The van der Waals surface area contributed by atoms with Crippen LogP contribution >= 0.6 is 0 Å². The number of nitrogens with one attached hydrogen (secondary N) is 2. The Labute approximate surface area is 132 Å². The Bertz CT molecular complexity index is 907. The van der Waals surface area contributed by atoms with Crippen molar-refractivity contribution in [3.63, 3.8) is 0 Å². The highest BCUT2D eigenvalue weighted by Crippen LogP contribution is 2.16. The number of carbonyl (C=O) groups is 1. The van der Waals surface area contributed by atoms with Gasteiger partial charge in [0, 0.05) is 12.7 Å². The van der Waals surface area contributed by atoms with Gasteiger partial charge in [-0.25, -0.2) is 4.79 Å². The fourth-order valence-corrected chi connectivity index (χ4v) is 2.30. The molecule has 23 heavy (non-hydrogen) atoms. The Balaban J connectivity index is 1.65. The van der Waals surface area contributed by atoms with Crippen LogP contribution in [0.25, 0.3) is 11.0 Å². The molecule has 1 amide bonds. The second kappa shape index (κ2) is 6.00. The number of imidazole rings is 1. The van der Waals surface area contributed by atoms with Gasteiger partial charge in [0.15, 0.2) is 6.61 Å². The van der Waals surface area contributed by atoms with E-state index in [9.17, 15) is 9.59 Å². The van der Waals surface area contributed by atoms with Gasteiger partial charge in [-0.15, -0.1) is 0 Å². The molecule has 0 bridgehead atoms. The predicted octanol–water partition coefficient (Wildman–Crippen LogP) is 2.19. The molecular weight excluding hydrogens is 294 g/mol. The van der Waals surface area contributed by atoms with E-state index in [2.05, 4.69) is 10.3 Å². The molecule has 118 valence electrons. The lowest BCUT2D eigenvalue weighted by Crippen LogP contribution is -2.20. The molecule has 0 aliphatic rings. The zero-order valence-corrected chi connectivity index (χ0v) is 12.9. The molecule has 0 saturated heterocycles. The zero-order valence-electron chi connectivity index (χ0n) is 12.9. The fourth-order valence-electron chi connectivity index (χ4n) is 2.30. The average molecular weight is 311 g/mol. The summed E-state index contributed by atoms with van der Waals surface area (Å²) < 4.78 is 6.95. The Morgan fingerprint density at radius 3 is 2.70 bits per heavy atom. The number of aryl methyl sites for hydroxylation is 2. The number of nitrogens with zero attached hydrogens (tertiary/aromatic N) is 1. The molecule has 0 radical (unpaired) electrons. The zero-order chi connectivity index (χ0) is 16.4. The van der Waals surface area contributed by atoms with E-state index in [1.165, 1.54) is 4.57 Å². The number of anilines is 1. The summed E-state index contributed by atoms with van der Waals surface area (Å²) in [5, 5.41) is 2.75. The topological polar surface area (TPSA) is 76.1 Å². The maximum absolute atomic E-state index is 11.9. The van der Waals surface area contributed by atoms with Crippen molar-refractivity contribution in [2.45, 2.75) is 6.92 Å². The quantitative estimate of drug-likeness (QED) is 0.775. The van der Waals surface area contributed by atoms with Crippen molar-refractivity contribution < 1.29 is 9.53 Å². The standard InChI is InChI=1S/C17H17N3O3/c1-11-3-6-13(7-4-11)23-10-16(21)18-12-5-8-15-14(9-12)19-17(22)20(15)2/h3-9H,10H2,1-2H3,(H,18,21)(H,19,22). The maximum atomic E-state index is 11.9. The first kappa shape index (κ1) is 14.9. The van der Waals surface area contributed by atoms with Gasteiger partial charge in [0.05, 0.1) is 11.0 Å². The van der Waals surface area contributed by atoms with Crippen LogP contribution in [0.4, 0.5) is 5.69 Å². The van der Waals surface area contributed by atoms with Crippen molar-refractivity contribution >= 4 is 22.6 Å². The monoisotopic (exact) mass is 311 g/mol. The SMILES string of the molecule is Cc1ccc(OCC(=O)Nc2ccc3c(c2)[nH]c(=O)n3C)cc1. The summed E-state index contributed by atoms with van der Waals surface area (Å²) in [6, 6.07) is 12.7. The van der Waals surface area contributed by atoms with Gasteiger partial charge in [-0.05, 0) is 37.3 Å². The summed E-state index contributed by atoms with van der Waals surface area (Å²) >= 11 is 0. The summed E-state index contributed by atoms with van der Waals surface area (Å²) in [7, 11) is 1.69. The van der Waals surface area contributed by atoms with Gasteiger partial charge in [0.2, 0.25) is 0 Å². The number of ether oxygens (including phenoxy) is 1. The Kier molecular flexibility index (Phi) is 3.89. The number of fused-ring (bicyclic) bond motifs is 1. The van der Waals surface area contributed by atoms with E-state index in [-0.39, 0.29) is 18.2 Å². The predicted molar refractivity (Wildman–Crippen MR) is 88.8 cm³/mol. The highest BCUT2D eigenvalue weighted by Gasteiger charge is 2.07. The molecule has 2 N–H and O–H groups in total. The molecule has 0 aliphatic carbocycles. The first-order valence-electron chi connectivity index (χ1n) is 7.21. The van der Waals surface area contributed by atoms with Crippen molar-refractivity contribution in [3.05, 3.63) is 58.5 Å². The molecule has 3 rings (SSSR count). The van der Waals surface area contributed by atoms with E-state index in [0.29, 0.717) is 17.0 Å². The maximum Gasteiger partial charge on any atom is 0.326 e. The van der Waals surface area contributed by atoms with Gasteiger partial charge in [-0.2, -0.15) is 0 Å². The molecule has 0 fully saturated rings. The van der Waals surface area contributed by atoms with Crippen LogP contribution < -0.4 is 15.7 Å². The minimum atomic E-state index is -0.261. The summed E-state index contributed by atoms with van der Waals surface area (Å²) in [6.45, 7) is 1.91. The molecule has 0 atom stereocenters. The van der Waals surface area contributed by atoms with Gasteiger partial charge < -0.3 is 15.0 Å². The molecular formula is C17H17N3O3. The van der Waals surface area contributed by atoms with Crippen molar-refractivity contribution in [1.82, 2.24) is 9.55 Å². The second-order valence-corrected chi connectivity index (χ2v) is 5.37. The average Bonchev–Trinajstić information content (AvgIpc) is 2.81. The van der Waals surface area contributed by atoms with E-state index in [1.54, 1.807) is 25.2 Å². The minimum absolute atomic E-state index is 0.0770. The van der Waals surface area contributed by atoms with E-state index >= 15 is 0 Å². The van der Waals surface area contributed by atoms with Crippen LogP contribution in [-0.4, -0.2) is 22.1 Å². The number of aromatic amines is 1. The largest absolute Gasteiger partial charge is 0.484 e. The molecule has 6 heteroatoms. The van der Waals surface area contributed by atoms with Crippen LogP contribution in [0.15, 0.2) is 47.3 Å². The molecule has 6 nitrogen and oxygen atoms in total. The van der Waals surface area contributed by atoms with E-state index in [4.69, 9.17) is 4.74 Å². The number of benzene rings is 2. The van der Waals surface area contributed by atoms with Gasteiger partial charge in [-0.3, -0.25) is 9.36 Å². The highest BCUT2D eigenvalue weighted by atomic mass is 16.5. The normalized spacial score (nSPS) is 10.7.